The van der Waals surface area contributed by atoms with Crippen LogP contribution in [-0.2, 0) is 6.54 Å². The molecule has 2 N–H and O–H groups in total. The van der Waals surface area contributed by atoms with Crippen molar-refractivity contribution in [3.63, 3.8) is 0 Å². The molecule has 0 aromatic heterocycles. The molecule has 0 atom stereocenters. The van der Waals surface area contributed by atoms with Gasteiger partial charge in [-0.1, -0.05) is 6.07 Å². The van der Waals surface area contributed by atoms with E-state index in [9.17, 15) is 4.39 Å². The highest BCUT2D eigenvalue weighted by Gasteiger charge is 2.06. The zero-order valence-electron chi connectivity index (χ0n) is 13.1. The first-order valence-electron chi connectivity index (χ1n) is 7.22. The Bertz CT molecular complexity index is 662. The second kappa shape index (κ2) is 8.33. The molecule has 0 aliphatic rings. The van der Waals surface area contributed by atoms with Crippen LogP contribution in [0.15, 0.2) is 42.5 Å². The van der Waals surface area contributed by atoms with E-state index in [2.05, 4.69) is 10.6 Å². The zero-order chi connectivity index (χ0) is 16.7. The fraction of sp³-hybridized carbons (Fsp3) is 0.235. The normalized spacial score (nSPS) is 10.0. The van der Waals surface area contributed by atoms with Gasteiger partial charge in [0.1, 0.15) is 5.82 Å². The third-order valence-electron chi connectivity index (χ3n) is 3.08. The van der Waals surface area contributed by atoms with Gasteiger partial charge in [-0.15, -0.1) is 0 Å². The van der Waals surface area contributed by atoms with Gasteiger partial charge in [0.25, 0.3) is 0 Å². The van der Waals surface area contributed by atoms with Crippen LogP contribution in [0.5, 0.6) is 11.5 Å². The van der Waals surface area contributed by atoms with Crippen LogP contribution >= 0.6 is 12.2 Å². The van der Waals surface area contributed by atoms with Crippen molar-refractivity contribution in [1.82, 2.24) is 5.32 Å². The molecule has 0 saturated heterocycles. The highest BCUT2D eigenvalue weighted by molar-refractivity contribution is 7.80. The Morgan fingerprint density at radius 3 is 2.52 bits per heavy atom. The first-order valence-corrected chi connectivity index (χ1v) is 7.63. The van der Waals surface area contributed by atoms with Crippen LogP contribution in [0.1, 0.15) is 12.5 Å². The molecule has 6 heteroatoms. The smallest absolute Gasteiger partial charge is 0.171 e. The van der Waals surface area contributed by atoms with Crippen molar-refractivity contribution in [2.75, 3.05) is 19.0 Å². The van der Waals surface area contributed by atoms with Crippen molar-refractivity contribution in [3.8, 4) is 11.5 Å². The van der Waals surface area contributed by atoms with Crippen LogP contribution in [0.2, 0.25) is 0 Å². The summed E-state index contributed by atoms with van der Waals surface area (Å²) < 4.78 is 23.7. The van der Waals surface area contributed by atoms with E-state index < -0.39 is 0 Å². The molecule has 2 aromatic rings. The van der Waals surface area contributed by atoms with Gasteiger partial charge in [-0.05, 0) is 61.1 Å². The second-order valence-electron chi connectivity index (χ2n) is 4.73. The maximum absolute atomic E-state index is 12.9. The Hall–Kier alpha value is -2.34. The van der Waals surface area contributed by atoms with Crippen LogP contribution in [0.3, 0.4) is 0 Å². The molecule has 0 unspecified atom stereocenters. The van der Waals surface area contributed by atoms with E-state index in [1.165, 1.54) is 12.1 Å². The maximum atomic E-state index is 12.9. The lowest BCUT2D eigenvalue weighted by molar-refractivity contribution is 0.310. The lowest BCUT2D eigenvalue weighted by atomic mass is 10.2. The van der Waals surface area contributed by atoms with Crippen LogP contribution in [0.4, 0.5) is 10.1 Å². The van der Waals surface area contributed by atoms with Crippen LogP contribution in [0.25, 0.3) is 0 Å². The molecule has 0 bridgehead atoms. The summed E-state index contributed by atoms with van der Waals surface area (Å²) in [6, 6.07) is 11.7. The van der Waals surface area contributed by atoms with Crippen molar-refractivity contribution in [1.29, 1.82) is 0 Å². The van der Waals surface area contributed by atoms with Gasteiger partial charge in [0, 0.05) is 12.2 Å². The van der Waals surface area contributed by atoms with Crippen molar-refractivity contribution in [3.05, 3.63) is 53.8 Å². The van der Waals surface area contributed by atoms with E-state index >= 15 is 0 Å². The molecule has 0 aliphatic heterocycles. The van der Waals surface area contributed by atoms with Gasteiger partial charge in [-0.2, -0.15) is 0 Å². The van der Waals surface area contributed by atoms with Gasteiger partial charge >= 0.3 is 0 Å². The lowest BCUT2D eigenvalue weighted by Gasteiger charge is -2.13. The van der Waals surface area contributed by atoms with E-state index in [4.69, 9.17) is 21.7 Å². The van der Waals surface area contributed by atoms with Crippen molar-refractivity contribution in [2.24, 2.45) is 0 Å². The van der Waals surface area contributed by atoms with Gasteiger partial charge in [-0.3, -0.25) is 0 Å². The molecule has 4 nitrogen and oxygen atoms in total. The molecule has 2 rings (SSSR count). The summed E-state index contributed by atoms with van der Waals surface area (Å²) in [6.45, 7) is 3.03. The Kier molecular flexibility index (Phi) is 6.17. The number of nitrogens with one attached hydrogen (secondary N) is 2. The summed E-state index contributed by atoms with van der Waals surface area (Å²) in [5.41, 5.74) is 1.74. The minimum absolute atomic E-state index is 0.281. The highest BCUT2D eigenvalue weighted by Crippen LogP contribution is 2.27. The Balaban J connectivity index is 1.93. The number of anilines is 1. The standard InChI is InChI=1S/C17H19FN2O2S/c1-3-22-16-10-12(4-9-15(16)21-2)11-19-17(23)20-14-7-5-13(18)6-8-14/h4-10H,3,11H2,1-2H3,(H2,19,20,23). The Labute approximate surface area is 140 Å². The van der Waals surface area contributed by atoms with Crippen LogP contribution in [-0.4, -0.2) is 18.8 Å². The van der Waals surface area contributed by atoms with E-state index in [0.29, 0.717) is 29.8 Å². The largest absolute Gasteiger partial charge is 0.493 e. The van der Waals surface area contributed by atoms with E-state index in [-0.39, 0.29) is 5.82 Å². The van der Waals surface area contributed by atoms with E-state index in [0.717, 1.165) is 11.3 Å². The summed E-state index contributed by atoms with van der Waals surface area (Å²) in [7, 11) is 1.61. The van der Waals surface area contributed by atoms with Gasteiger partial charge < -0.3 is 20.1 Å². The molecule has 0 heterocycles. The monoisotopic (exact) mass is 334 g/mol. The summed E-state index contributed by atoms with van der Waals surface area (Å²) in [4.78, 5) is 0. The Morgan fingerprint density at radius 1 is 1.13 bits per heavy atom. The summed E-state index contributed by atoms with van der Waals surface area (Å²) in [5, 5.41) is 6.56. The number of thiocarbonyl (C=S) groups is 1. The number of methoxy groups -OCH3 is 1. The zero-order valence-corrected chi connectivity index (χ0v) is 13.9. The minimum Gasteiger partial charge on any atom is -0.493 e. The molecule has 0 spiro atoms. The van der Waals surface area contributed by atoms with Gasteiger partial charge in [0.2, 0.25) is 0 Å². The highest BCUT2D eigenvalue weighted by atomic mass is 32.1. The number of halogens is 1. The molecule has 2 aromatic carbocycles. The van der Waals surface area contributed by atoms with Crippen molar-refractivity contribution >= 4 is 23.0 Å². The first kappa shape index (κ1) is 17.0. The minimum atomic E-state index is -0.281. The third kappa shape index (κ3) is 5.10. The Morgan fingerprint density at radius 2 is 1.87 bits per heavy atom. The second-order valence-corrected chi connectivity index (χ2v) is 5.14. The molecule has 0 fully saturated rings. The number of rotatable bonds is 6. The molecule has 23 heavy (non-hydrogen) atoms. The topological polar surface area (TPSA) is 42.5 Å². The molecule has 0 saturated carbocycles. The van der Waals surface area contributed by atoms with Crippen molar-refractivity contribution < 1.29 is 13.9 Å². The number of benzene rings is 2. The summed E-state index contributed by atoms with van der Waals surface area (Å²) >= 11 is 5.23. The van der Waals surface area contributed by atoms with Gasteiger partial charge in [-0.25, -0.2) is 4.39 Å². The quantitative estimate of drug-likeness (QED) is 0.788. The fourth-order valence-corrected chi connectivity index (χ4v) is 2.18. The maximum Gasteiger partial charge on any atom is 0.171 e. The van der Waals surface area contributed by atoms with E-state index in [1.54, 1.807) is 19.2 Å². The number of hydrogen-bond acceptors (Lipinski definition) is 3. The van der Waals surface area contributed by atoms with Crippen LogP contribution < -0.4 is 20.1 Å². The molecule has 0 aliphatic carbocycles. The molecule has 0 radical (unpaired) electrons. The average Bonchev–Trinajstić information content (AvgIpc) is 2.56. The third-order valence-corrected chi connectivity index (χ3v) is 3.33. The molecule has 122 valence electrons. The average molecular weight is 334 g/mol. The fourth-order valence-electron chi connectivity index (χ4n) is 1.99. The summed E-state index contributed by atoms with van der Waals surface area (Å²) in [5.74, 6) is 1.12. The molecular weight excluding hydrogens is 315 g/mol. The number of ether oxygens (including phenoxy) is 2. The predicted octanol–water partition coefficient (Wildman–Crippen LogP) is 3.72. The number of hydrogen-bond donors (Lipinski definition) is 2. The van der Waals surface area contributed by atoms with E-state index in [1.807, 2.05) is 25.1 Å². The lowest BCUT2D eigenvalue weighted by Crippen LogP contribution is -2.27. The predicted molar refractivity (Wildman–Crippen MR) is 93.6 cm³/mol. The summed E-state index contributed by atoms with van der Waals surface area (Å²) in [6.07, 6.45) is 0. The molecular formula is C17H19FN2O2S. The van der Waals surface area contributed by atoms with Gasteiger partial charge in [0.15, 0.2) is 16.6 Å². The first-order chi connectivity index (χ1) is 11.1. The van der Waals surface area contributed by atoms with Gasteiger partial charge in [0.05, 0.1) is 13.7 Å². The SMILES string of the molecule is CCOc1cc(CNC(=S)Nc2ccc(F)cc2)ccc1OC. The molecule has 0 amide bonds. The van der Waals surface area contributed by atoms with Crippen molar-refractivity contribution in [2.45, 2.75) is 13.5 Å². The van der Waals surface area contributed by atoms with Crippen LogP contribution in [0, 0.1) is 5.82 Å².